The summed E-state index contributed by atoms with van der Waals surface area (Å²) in [6.07, 6.45) is 1.53. The van der Waals surface area contributed by atoms with Crippen molar-refractivity contribution in [2.75, 3.05) is 0 Å². The highest BCUT2D eigenvalue weighted by Crippen LogP contribution is 1.98. The lowest BCUT2D eigenvalue weighted by Gasteiger charge is -2.14. The molecule has 0 saturated carbocycles. The van der Waals surface area contributed by atoms with Gasteiger partial charge in [0.25, 0.3) is 0 Å². The molecule has 0 aromatic carbocycles. The molecule has 1 aromatic heterocycles. The summed E-state index contributed by atoms with van der Waals surface area (Å²) in [6, 6.07) is 3.59. The highest BCUT2D eigenvalue weighted by molar-refractivity contribution is 6.88. The number of rotatable bonds is 2. The molecule has 1 aromatic rings. The Balaban J connectivity index is 2.94. The molecule has 0 aliphatic rings. The largest absolute Gasteiger partial charge is 0.490 e. The minimum absolute atomic E-state index is 0.446. The minimum Gasteiger partial charge on any atom is -0.423 e. The molecule has 0 atom stereocenters. The lowest BCUT2D eigenvalue weighted by Crippen LogP contribution is -2.42. The number of hydrogen-bond acceptors (Lipinski definition) is 3. The second-order valence-corrected chi connectivity index (χ2v) is 9.11. The van der Waals surface area contributed by atoms with Crippen LogP contribution in [0.5, 0.6) is 0 Å². The van der Waals surface area contributed by atoms with E-state index in [1.807, 2.05) is 6.07 Å². The highest BCUT2D eigenvalue weighted by atomic mass is 28.3. The third kappa shape index (κ3) is 2.65. The molecule has 2 N–H and O–H groups in total. The standard InChI is InChI=1S/C8H14BNO2Si/c1-13(2,3)8-5-4-7(6-10-8)9(11)12/h4-6,11-12H,1-3H3. The zero-order valence-electron chi connectivity index (χ0n) is 8.15. The molecule has 0 fully saturated rings. The molecule has 0 radical (unpaired) electrons. The zero-order valence-corrected chi connectivity index (χ0v) is 9.15. The molecule has 5 heteroatoms. The van der Waals surface area contributed by atoms with Gasteiger partial charge in [-0.05, 0) is 6.07 Å². The topological polar surface area (TPSA) is 53.4 Å². The Kier molecular flexibility index (Phi) is 2.90. The Hall–Kier alpha value is -0.648. The average molecular weight is 195 g/mol. The van der Waals surface area contributed by atoms with E-state index < -0.39 is 15.2 Å². The van der Waals surface area contributed by atoms with Crippen LogP contribution in [-0.2, 0) is 0 Å². The van der Waals surface area contributed by atoms with Crippen LogP contribution in [0.25, 0.3) is 0 Å². The quantitative estimate of drug-likeness (QED) is 0.614. The summed E-state index contributed by atoms with van der Waals surface area (Å²) in [5, 5.41) is 18.8. The van der Waals surface area contributed by atoms with E-state index >= 15 is 0 Å². The van der Waals surface area contributed by atoms with Crippen molar-refractivity contribution in [1.29, 1.82) is 0 Å². The molecule has 1 rings (SSSR count). The second kappa shape index (κ2) is 3.61. The average Bonchev–Trinajstić information content (AvgIpc) is 2.03. The fraction of sp³-hybridized carbons (Fsp3) is 0.375. The van der Waals surface area contributed by atoms with E-state index in [0.29, 0.717) is 5.46 Å². The normalized spacial score (nSPS) is 11.5. The maximum Gasteiger partial charge on any atom is 0.490 e. The number of aromatic nitrogens is 1. The predicted molar refractivity (Wildman–Crippen MR) is 57.0 cm³/mol. The summed E-state index contributed by atoms with van der Waals surface area (Å²) in [7, 11) is -2.78. The van der Waals surface area contributed by atoms with Gasteiger partial charge in [0.1, 0.15) is 8.07 Å². The molecule has 0 amide bonds. The fourth-order valence-electron chi connectivity index (χ4n) is 1.00. The van der Waals surface area contributed by atoms with Gasteiger partial charge in [-0.1, -0.05) is 25.7 Å². The monoisotopic (exact) mass is 195 g/mol. The van der Waals surface area contributed by atoms with Crippen LogP contribution >= 0.6 is 0 Å². The Morgan fingerprint density at radius 2 is 1.85 bits per heavy atom. The molecule has 0 aliphatic carbocycles. The van der Waals surface area contributed by atoms with E-state index in [1.165, 1.54) is 6.20 Å². The predicted octanol–water partition coefficient (Wildman–Crippen LogP) is -0.693. The maximum atomic E-state index is 8.84. The van der Waals surface area contributed by atoms with Gasteiger partial charge in [0.15, 0.2) is 0 Å². The molecule has 0 spiro atoms. The van der Waals surface area contributed by atoms with E-state index in [0.717, 1.165) is 5.32 Å². The van der Waals surface area contributed by atoms with E-state index in [2.05, 4.69) is 24.6 Å². The van der Waals surface area contributed by atoms with E-state index in [9.17, 15) is 0 Å². The summed E-state index contributed by atoms with van der Waals surface area (Å²) >= 11 is 0. The highest BCUT2D eigenvalue weighted by Gasteiger charge is 2.19. The van der Waals surface area contributed by atoms with Crippen LogP contribution in [0, 0.1) is 0 Å². The molecular formula is C8H14BNO2Si. The van der Waals surface area contributed by atoms with Gasteiger partial charge < -0.3 is 10.0 Å². The maximum absolute atomic E-state index is 8.84. The molecule has 0 aliphatic heterocycles. The Labute approximate surface area is 79.6 Å². The van der Waals surface area contributed by atoms with E-state index in [1.54, 1.807) is 6.07 Å². The molecule has 13 heavy (non-hydrogen) atoms. The first-order valence-electron chi connectivity index (χ1n) is 4.24. The molecule has 3 nitrogen and oxygen atoms in total. The first-order valence-corrected chi connectivity index (χ1v) is 7.74. The first kappa shape index (κ1) is 10.4. The van der Waals surface area contributed by atoms with Gasteiger partial charge >= 0.3 is 7.12 Å². The van der Waals surface area contributed by atoms with E-state index in [4.69, 9.17) is 10.0 Å². The van der Waals surface area contributed by atoms with Crippen molar-refractivity contribution in [3.63, 3.8) is 0 Å². The van der Waals surface area contributed by atoms with Gasteiger partial charge in [-0.15, -0.1) is 0 Å². The van der Waals surface area contributed by atoms with Gasteiger partial charge in [0.2, 0.25) is 0 Å². The minimum atomic E-state index is -1.41. The molecule has 0 unspecified atom stereocenters. The smallest absolute Gasteiger partial charge is 0.423 e. The Morgan fingerprint density at radius 1 is 1.23 bits per heavy atom. The lowest BCUT2D eigenvalue weighted by atomic mass is 9.82. The summed E-state index contributed by atoms with van der Waals surface area (Å²) < 4.78 is 0. The van der Waals surface area contributed by atoms with Crippen molar-refractivity contribution in [2.45, 2.75) is 19.6 Å². The summed E-state index contributed by atoms with van der Waals surface area (Å²) in [5.41, 5.74) is 0.446. The Bertz CT molecular complexity index is 281. The lowest BCUT2D eigenvalue weighted by molar-refractivity contribution is 0.425. The van der Waals surface area contributed by atoms with Crippen LogP contribution in [0.1, 0.15) is 0 Å². The molecule has 70 valence electrons. The Morgan fingerprint density at radius 3 is 2.15 bits per heavy atom. The zero-order chi connectivity index (χ0) is 10.1. The van der Waals surface area contributed by atoms with Gasteiger partial charge in [-0.2, -0.15) is 0 Å². The van der Waals surface area contributed by atoms with Gasteiger partial charge in [0, 0.05) is 17.0 Å². The van der Waals surface area contributed by atoms with Gasteiger partial charge in [-0.3, -0.25) is 4.98 Å². The van der Waals surface area contributed by atoms with Gasteiger partial charge in [-0.25, -0.2) is 0 Å². The fourth-order valence-corrected chi connectivity index (χ4v) is 2.04. The van der Waals surface area contributed by atoms with Crippen LogP contribution in [-0.4, -0.2) is 30.2 Å². The van der Waals surface area contributed by atoms with E-state index in [-0.39, 0.29) is 0 Å². The van der Waals surface area contributed by atoms with Crippen LogP contribution in [0.2, 0.25) is 19.6 Å². The second-order valence-electron chi connectivity index (χ2n) is 4.10. The third-order valence-electron chi connectivity index (χ3n) is 1.85. The molecule has 0 bridgehead atoms. The van der Waals surface area contributed by atoms with Crippen molar-refractivity contribution in [3.8, 4) is 0 Å². The van der Waals surface area contributed by atoms with Crippen molar-refractivity contribution >= 4 is 26.0 Å². The van der Waals surface area contributed by atoms with Gasteiger partial charge in [0.05, 0.1) is 0 Å². The van der Waals surface area contributed by atoms with Crippen LogP contribution in [0.15, 0.2) is 18.3 Å². The van der Waals surface area contributed by atoms with Crippen molar-refractivity contribution < 1.29 is 10.0 Å². The number of nitrogens with zero attached hydrogens (tertiary/aromatic N) is 1. The third-order valence-corrected chi connectivity index (χ3v) is 3.69. The number of pyridine rings is 1. The summed E-state index contributed by atoms with van der Waals surface area (Å²) in [6.45, 7) is 6.60. The van der Waals surface area contributed by atoms with Crippen LogP contribution in [0.3, 0.4) is 0 Å². The molecule has 1 heterocycles. The van der Waals surface area contributed by atoms with Crippen LogP contribution < -0.4 is 10.8 Å². The SMILES string of the molecule is C[Si](C)(C)c1ccc(B(O)O)cn1. The molecule has 0 saturated heterocycles. The first-order chi connectivity index (χ1) is 5.91. The van der Waals surface area contributed by atoms with Crippen LogP contribution in [0.4, 0.5) is 0 Å². The van der Waals surface area contributed by atoms with Crippen molar-refractivity contribution in [2.24, 2.45) is 0 Å². The number of hydrogen-bond donors (Lipinski definition) is 2. The summed E-state index contributed by atoms with van der Waals surface area (Å²) in [5.74, 6) is 0. The molecular weight excluding hydrogens is 181 g/mol. The summed E-state index contributed by atoms with van der Waals surface area (Å²) in [4.78, 5) is 4.21. The van der Waals surface area contributed by atoms with Crippen molar-refractivity contribution in [3.05, 3.63) is 18.3 Å². The van der Waals surface area contributed by atoms with Crippen molar-refractivity contribution in [1.82, 2.24) is 4.98 Å².